The van der Waals surface area contributed by atoms with Crippen LogP contribution in [0.25, 0.3) is 22.3 Å². The molecule has 4 rings (SSSR count). The van der Waals surface area contributed by atoms with Gasteiger partial charge in [-0.3, -0.25) is 4.79 Å². The zero-order valence-corrected chi connectivity index (χ0v) is 17.7. The van der Waals surface area contributed by atoms with Gasteiger partial charge in [0.25, 0.3) is 0 Å². The van der Waals surface area contributed by atoms with Crippen LogP contribution in [0.1, 0.15) is 24.0 Å². The van der Waals surface area contributed by atoms with Gasteiger partial charge in [0.15, 0.2) is 28.4 Å². The molecule has 0 bridgehead atoms. The van der Waals surface area contributed by atoms with Crippen molar-refractivity contribution in [3.8, 4) is 40.1 Å². The zero-order chi connectivity index (χ0) is 23.0. The lowest BCUT2D eigenvalue weighted by Crippen LogP contribution is -2.07. The Morgan fingerprint density at radius 1 is 0.906 bits per heavy atom. The Morgan fingerprint density at radius 3 is 2.28 bits per heavy atom. The first-order chi connectivity index (χ1) is 15.4. The van der Waals surface area contributed by atoms with Crippen molar-refractivity contribution < 1.29 is 29.2 Å². The van der Waals surface area contributed by atoms with Crippen LogP contribution in [-0.2, 0) is 0 Å². The molecule has 3 N–H and O–H groups in total. The molecule has 0 saturated carbocycles. The molecule has 32 heavy (non-hydrogen) atoms. The summed E-state index contributed by atoms with van der Waals surface area (Å²) >= 11 is 0. The molecule has 7 heteroatoms. The van der Waals surface area contributed by atoms with E-state index in [4.69, 9.17) is 13.9 Å². The number of hydrogen-bond acceptors (Lipinski definition) is 7. The molecular weight excluding hydrogens is 412 g/mol. The standard InChI is InChI=1S/C25H22O7/c1-13(15-9-10-16(26)19(11-15)30-2)20-22(28)25(31-3)23(29)21-17(27)12-18(32-24(20)21)14-7-5-4-6-8-14/h4-13,26,28-29H,1-3H3. The summed E-state index contributed by atoms with van der Waals surface area (Å²) in [6.07, 6.45) is 0. The van der Waals surface area contributed by atoms with E-state index in [1.54, 1.807) is 31.2 Å². The first-order valence-electron chi connectivity index (χ1n) is 9.89. The highest BCUT2D eigenvalue weighted by Gasteiger charge is 2.28. The number of ether oxygens (including phenoxy) is 2. The number of phenolic OH excluding ortho intramolecular Hbond substituents is 3. The molecule has 0 fully saturated rings. The average molecular weight is 434 g/mol. The molecule has 1 heterocycles. The van der Waals surface area contributed by atoms with Crippen LogP contribution in [0, 0.1) is 0 Å². The van der Waals surface area contributed by atoms with E-state index >= 15 is 0 Å². The number of rotatable bonds is 5. The van der Waals surface area contributed by atoms with Crippen molar-refractivity contribution in [3.05, 3.63) is 75.9 Å². The fraction of sp³-hybridized carbons (Fsp3) is 0.160. The van der Waals surface area contributed by atoms with Crippen LogP contribution in [0.3, 0.4) is 0 Å². The van der Waals surface area contributed by atoms with E-state index in [1.165, 1.54) is 26.4 Å². The van der Waals surface area contributed by atoms with Crippen LogP contribution < -0.4 is 14.9 Å². The molecule has 0 amide bonds. The summed E-state index contributed by atoms with van der Waals surface area (Å²) in [5.74, 6) is -1.05. The molecule has 4 aromatic rings. The van der Waals surface area contributed by atoms with Gasteiger partial charge in [-0.25, -0.2) is 0 Å². The molecule has 0 saturated heterocycles. The van der Waals surface area contributed by atoms with Crippen LogP contribution >= 0.6 is 0 Å². The Balaban J connectivity index is 2.06. The smallest absolute Gasteiger partial charge is 0.204 e. The zero-order valence-electron chi connectivity index (χ0n) is 17.7. The lowest BCUT2D eigenvalue weighted by atomic mass is 9.89. The number of methoxy groups -OCH3 is 2. The normalized spacial score (nSPS) is 12.0. The van der Waals surface area contributed by atoms with E-state index in [0.717, 1.165) is 0 Å². The van der Waals surface area contributed by atoms with E-state index < -0.39 is 17.1 Å². The summed E-state index contributed by atoms with van der Waals surface area (Å²) < 4.78 is 16.5. The molecule has 0 aliphatic heterocycles. The lowest BCUT2D eigenvalue weighted by molar-refractivity contribution is 0.343. The summed E-state index contributed by atoms with van der Waals surface area (Å²) in [4.78, 5) is 13.0. The highest BCUT2D eigenvalue weighted by Crippen LogP contribution is 2.49. The maximum atomic E-state index is 13.0. The minimum absolute atomic E-state index is 0.0290. The molecule has 0 radical (unpaired) electrons. The minimum Gasteiger partial charge on any atom is -0.504 e. The fourth-order valence-corrected chi connectivity index (χ4v) is 3.83. The largest absolute Gasteiger partial charge is 0.504 e. The molecule has 1 aromatic heterocycles. The lowest BCUT2D eigenvalue weighted by Gasteiger charge is -2.20. The Labute approximate surface area is 183 Å². The van der Waals surface area contributed by atoms with E-state index in [2.05, 4.69) is 0 Å². The van der Waals surface area contributed by atoms with Gasteiger partial charge in [0.05, 0.1) is 14.2 Å². The van der Waals surface area contributed by atoms with Gasteiger partial charge in [-0.2, -0.15) is 0 Å². The topological polar surface area (TPSA) is 109 Å². The SMILES string of the molecule is COc1cc(C(C)c2c(O)c(OC)c(O)c3c(=O)cc(-c4ccccc4)oc23)ccc1O. The van der Waals surface area contributed by atoms with Crippen molar-refractivity contribution in [1.29, 1.82) is 0 Å². The van der Waals surface area contributed by atoms with Gasteiger partial charge in [0.1, 0.15) is 16.7 Å². The van der Waals surface area contributed by atoms with Gasteiger partial charge in [0.2, 0.25) is 5.75 Å². The Morgan fingerprint density at radius 2 is 1.62 bits per heavy atom. The van der Waals surface area contributed by atoms with E-state index in [1.807, 2.05) is 18.2 Å². The Kier molecular flexibility index (Phi) is 5.40. The minimum atomic E-state index is -0.518. The van der Waals surface area contributed by atoms with Crippen molar-refractivity contribution in [3.63, 3.8) is 0 Å². The monoisotopic (exact) mass is 434 g/mol. The third kappa shape index (κ3) is 3.37. The Bertz CT molecular complexity index is 1360. The number of benzene rings is 3. The first-order valence-corrected chi connectivity index (χ1v) is 9.89. The molecule has 1 unspecified atom stereocenters. The summed E-state index contributed by atoms with van der Waals surface area (Å²) in [7, 11) is 2.73. The summed E-state index contributed by atoms with van der Waals surface area (Å²) in [6.45, 7) is 1.80. The van der Waals surface area contributed by atoms with Gasteiger partial charge < -0.3 is 29.2 Å². The maximum absolute atomic E-state index is 13.0. The highest BCUT2D eigenvalue weighted by atomic mass is 16.5. The average Bonchev–Trinajstić information content (AvgIpc) is 2.79. The summed E-state index contributed by atoms with van der Waals surface area (Å²) in [6, 6.07) is 15.1. The predicted octanol–water partition coefficient (Wildman–Crippen LogP) is 4.75. The van der Waals surface area contributed by atoms with Crippen molar-refractivity contribution in [2.45, 2.75) is 12.8 Å². The first kappa shape index (κ1) is 21.1. The Hall–Kier alpha value is -4.13. The third-order valence-electron chi connectivity index (χ3n) is 5.51. The third-order valence-corrected chi connectivity index (χ3v) is 5.51. The van der Waals surface area contributed by atoms with Crippen LogP contribution in [0.4, 0.5) is 0 Å². The van der Waals surface area contributed by atoms with Crippen molar-refractivity contribution in [2.24, 2.45) is 0 Å². The number of phenols is 3. The van der Waals surface area contributed by atoms with E-state index in [9.17, 15) is 20.1 Å². The molecule has 3 aromatic carbocycles. The molecule has 0 spiro atoms. The van der Waals surface area contributed by atoms with Crippen LogP contribution in [0.2, 0.25) is 0 Å². The van der Waals surface area contributed by atoms with Crippen molar-refractivity contribution in [1.82, 2.24) is 0 Å². The van der Waals surface area contributed by atoms with E-state index in [-0.39, 0.29) is 39.5 Å². The van der Waals surface area contributed by atoms with Crippen LogP contribution in [-0.4, -0.2) is 29.5 Å². The van der Waals surface area contributed by atoms with E-state index in [0.29, 0.717) is 16.9 Å². The second kappa shape index (κ2) is 8.19. The predicted molar refractivity (Wildman–Crippen MR) is 120 cm³/mol. The van der Waals surface area contributed by atoms with Crippen molar-refractivity contribution in [2.75, 3.05) is 14.2 Å². The molecule has 7 nitrogen and oxygen atoms in total. The van der Waals surface area contributed by atoms with Gasteiger partial charge in [-0.05, 0) is 17.7 Å². The number of hydrogen-bond donors (Lipinski definition) is 3. The van der Waals surface area contributed by atoms with Gasteiger partial charge >= 0.3 is 0 Å². The molecule has 164 valence electrons. The van der Waals surface area contributed by atoms with Gasteiger partial charge in [0, 0.05) is 23.1 Å². The fourth-order valence-electron chi connectivity index (χ4n) is 3.83. The quantitative estimate of drug-likeness (QED) is 0.416. The second-order valence-corrected chi connectivity index (χ2v) is 7.34. The summed E-state index contributed by atoms with van der Waals surface area (Å²) in [5, 5.41) is 31.5. The number of fused-ring (bicyclic) bond motifs is 1. The number of aromatic hydroxyl groups is 3. The molecule has 0 aliphatic carbocycles. The molecule has 0 aliphatic rings. The highest BCUT2D eigenvalue weighted by molar-refractivity contribution is 5.93. The van der Waals surface area contributed by atoms with Gasteiger partial charge in [-0.15, -0.1) is 0 Å². The van der Waals surface area contributed by atoms with Crippen LogP contribution in [0.5, 0.6) is 28.7 Å². The van der Waals surface area contributed by atoms with Crippen molar-refractivity contribution >= 4 is 11.0 Å². The second-order valence-electron chi connectivity index (χ2n) is 7.34. The molecular formula is C25H22O7. The van der Waals surface area contributed by atoms with Gasteiger partial charge in [-0.1, -0.05) is 43.3 Å². The molecule has 1 atom stereocenters. The van der Waals surface area contributed by atoms with Crippen LogP contribution in [0.15, 0.2) is 63.8 Å². The summed E-state index contributed by atoms with van der Waals surface area (Å²) in [5.41, 5.74) is 1.18. The maximum Gasteiger partial charge on any atom is 0.204 e.